The van der Waals surface area contributed by atoms with Gasteiger partial charge in [-0.05, 0) is 25.2 Å². The molecule has 0 amide bonds. The molecule has 0 aliphatic carbocycles. The summed E-state index contributed by atoms with van der Waals surface area (Å²) < 4.78 is 15.7. The molecule has 3 nitrogen and oxygen atoms in total. The first-order chi connectivity index (χ1) is 7.27. The average Bonchev–Trinajstić information content (AvgIpc) is 2.20. The van der Waals surface area contributed by atoms with Crippen LogP contribution in [0.15, 0.2) is 0 Å². The standard InChI is InChI=1S/C12H26O3/c1-12(2)6-4-8-14-10-11-15-9-5-7-13-3/h12H,4-11H2,1-3H3. The van der Waals surface area contributed by atoms with Gasteiger partial charge in [0, 0.05) is 26.9 Å². The van der Waals surface area contributed by atoms with Crippen molar-refractivity contribution < 1.29 is 14.2 Å². The lowest BCUT2D eigenvalue weighted by molar-refractivity contribution is 0.0382. The van der Waals surface area contributed by atoms with Crippen LogP contribution in [0.3, 0.4) is 0 Å². The minimum atomic E-state index is 0.700. The van der Waals surface area contributed by atoms with Gasteiger partial charge in [0.1, 0.15) is 0 Å². The Morgan fingerprint density at radius 2 is 1.40 bits per heavy atom. The van der Waals surface area contributed by atoms with Crippen LogP contribution in [0.25, 0.3) is 0 Å². The van der Waals surface area contributed by atoms with Gasteiger partial charge in [0.05, 0.1) is 13.2 Å². The summed E-state index contributed by atoms with van der Waals surface area (Å²) in [7, 11) is 1.71. The number of ether oxygens (including phenoxy) is 3. The quantitative estimate of drug-likeness (QED) is 0.499. The SMILES string of the molecule is COCCCOCCOCCCC(C)C. The Bertz CT molecular complexity index is 115. The average molecular weight is 218 g/mol. The Balaban J connectivity index is 2.87. The number of hydrogen-bond donors (Lipinski definition) is 0. The maximum atomic E-state index is 5.43. The molecular weight excluding hydrogens is 192 g/mol. The van der Waals surface area contributed by atoms with Crippen molar-refractivity contribution in [1.82, 2.24) is 0 Å². The summed E-state index contributed by atoms with van der Waals surface area (Å²) in [6.07, 6.45) is 3.36. The summed E-state index contributed by atoms with van der Waals surface area (Å²) >= 11 is 0. The van der Waals surface area contributed by atoms with Crippen molar-refractivity contribution in [2.24, 2.45) is 5.92 Å². The van der Waals surface area contributed by atoms with Crippen molar-refractivity contribution in [3.05, 3.63) is 0 Å². The molecule has 0 aromatic rings. The molecule has 0 atom stereocenters. The van der Waals surface area contributed by atoms with E-state index in [9.17, 15) is 0 Å². The fourth-order valence-electron chi connectivity index (χ4n) is 1.22. The van der Waals surface area contributed by atoms with E-state index in [1.807, 2.05) is 0 Å². The van der Waals surface area contributed by atoms with Gasteiger partial charge in [-0.2, -0.15) is 0 Å². The first-order valence-corrected chi connectivity index (χ1v) is 5.91. The van der Waals surface area contributed by atoms with Crippen LogP contribution in [-0.4, -0.2) is 40.1 Å². The van der Waals surface area contributed by atoms with E-state index >= 15 is 0 Å². The van der Waals surface area contributed by atoms with E-state index in [4.69, 9.17) is 14.2 Å². The first-order valence-electron chi connectivity index (χ1n) is 5.91. The van der Waals surface area contributed by atoms with E-state index in [2.05, 4.69) is 13.8 Å². The zero-order chi connectivity index (χ0) is 11.4. The summed E-state index contributed by atoms with van der Waals surface area (Å²) in [6.45, 7) is 8.28. The molecule has 0 N–H and O–H groups in total. The van der Waals surface area contributed by atoms with Gasteiger partial charge in [0.15, 0.2) is 0 Å². The molecule has 15 heavy (non-hydrogen) atoms. The molecule has 0 fully saturated rings. The van der Waals surface area contributed by atoms with Crippen molar-refractivity contribution in [3.8, 4) is 0 Å². The molecule has 3 heteroatoms. The largest absolute Gasteiger partial charge is 0.385 e. The van der Waals surface area contributed by atoms with E-state index in [1.165, 1.54) is 6.42 Å². The van der Waals surface area contributed by atoms with Crippen LogP contribution in [0.2, 0.25) is 0 Å². The predicted octanol–water partition coefficient (Wildman–Crippen LogP) is 2.49. The number of hydrogen-bond acceptors (Lipinski definition) is 3. The Kier molecular flexibility index (Phi) is 11.9. The Morgan fingerprint density at radius 1 is 0.800 bits per heavy atom. The van der Waals surface area contributed by atoms with Crippen molar-refractivity contribution in [2.45, 2.75) is 33.1 Å². The molecule has 0 rings (SSSR count). The lowest BCUT2D eigenvalue weighted by Gasteiger charge is -2.06. The molecule has 0 aromatic heterocycles. The first kappa shape index (κ1) is 14.9. The van der Waals surface area contributed by atoms with E-state index < -0.39 is 0 Å². The zero-order valence-corrected chi connectivity index (χ0v) is 10.5. The van der Waals surface area contributed by atoms with Gasteiger partial charge in [-0.25, -0.2) is 0 Å². The van der Waals surface area contributed by atoms with E-state index in [1.54, 1.807) is 7.11 Å². The maximum absolute atomic E-state index is 5.43. The highest BCUT2D eigenvalue weighted by molar-refractivity contribution is 4.44. The second kappa shape index (κ2) is 12.0. The molecule has 0 aliphatic heterocycles. The lowest BCUT2D eigenvalue weighted by atomic mass is 10.1. The van der Waals surface area contributed by atoms with Gasteiger partial charge in [-0.3, -0.25) is 0 Å². The highest BCUT2D eigenvalue weighted by Gasteiger charge is 1.94. The van der Waals surface area contributed by atoms with Gasteiger partial charge in [0.2, 0.25) is 0 Å². The Morgan fingerprint density at radius 3 is 1.93 bits per heavy atom. The topological polar surface area (TPSA) is 27.7 Å². The van der Waals surface area contributed by atoms with E-state index in [-0.39, 0.29) is 0 Å². The third kappa shape index (κ3) is 13.9. The smallest absolute Gasteiger partial charge is 0.0700 e. The van der Waals surface area contributed by atoms with Crippen molar-refractivity contribution >= 4 is 0 Å². The van der Waals surface area contributed by atoms with E-state index in [0.717, 1.165) is 38.6 Å². The van der Waals surface area contributed by atoms with Gasteiger partial charge in [-0.15, -0.1) is 0 Å². The van der Waals surface area contributed by atoms with Crippen LogP contribution in [0.5, 0.6) is 0 Å². The minimum absolute atomic E-state index is 0.700. The second-order valence-electron chi connectivity index (χ2n) is 4.11. The second-order valence-corrected chi connectivity index (χ2v) is 4.11. The highest BCUT2D eigenvalue weighted by Crippen LogP contribution is 2.02. The summed E-state index contributed by atoms with van der Waals surface area (Å²) in [5, 5.41) is 0. The molecule has 0 radical (unpaired) electrons. The molecule has 0 heterocycles. The highest BCUT2D eigenvalue weighted by atomic mass is 16.5. The van der Waals surface area contributed by atoms with Crippen LogP contribution in [0.1, 0.15) is 33.1 Å². The summed E-state index contributed by atoms with van der Waals surface area (Å²) in [5.41, 5.74) is 0. The summed E-state index contributed by atoms with van der Waals surface area (Å²) in [5.74, 6) is 0.777. The van der Waals surface area contributed by atoms with Crippen LogP contribution in [-0.2, 0) is 14.2 Å². The van der Waals surface area contributed by atoms with Crippen LogP contribution >= 0.6 is 0 Å². The molecule has 0 saturated carbocycles. The van der Waals surface area contributed by atoms with Crippen LogP contribution in [0, 0.1) is 5.92 Å². The molecule has 0 saturated heterocycles. The predicted molar refractivity (Wildman–Crippen MR) is 62.2 cm³/mol. The van der Waals surface area contributed by atoms with E-state index in [0.29, 0.717) is 13.2 Å². The number of rotatable bonds is 11. The fourth-order valence-corrected chi connectivity index (χ4v) is 1.22. The molecule has 0 bridgehead atoms. The van der Waals surface area contributed by atoms with Crippen molar-refractivity contribution in [1.29, 1.82) is 0 Å². The normalized spacial score (nSPS) is 11.2. The fraction of sp³-hybridized carbons (Fsp3) is 1.00. The third-order valence-electron chi connectivity index (χ3n) is 2.08. The maximum Gasteiger partial charge on any atom is 0.0700 e. The summed E-state index contributed by atoms with van der Waals surface area (Å²) in [6, 6.07) is 0. The molecule has 0 aliphatic rings. The molecule has 0 aromatic carbocycles. The monoisotopic (exact) mass is 218 g/mol. The van der Waals surface area contributed by atoms with Gasteiger partial charge < -0.3 is 14.2 Å². The van der Waals surface area contributed by atoms with Crippen LogP contribution in [0.4, 0.5) is 0 Å². The summed E-state index contributed by atoms with van der Waals surface area (Å²) in [4.78, 5) is 0. The molecule has 0 spiro atoms. The zero-order valence-electron chi connectivity index (χ0n) is 10.5. The Labute approximate surface area is 94.1 Å². The van der Waals surface area contributed by atoms with Crippen molar-refractivity contribution in [3.63, 3.8) is 0 Å². The van der Waals surface area contributed by atoms with Gasteiger partial charge in [0.25, 0.3) is 0 Å². The van der Waals surface area contributed by atoms with Gasteiger partial charge in [-0.1, -0.05) is 13.8 Å². The minimum Gasteiger partial charge on any atom is -0.385 e. The molecular formula is C12H26O3. The molecule has 0 unspecified atom stereocenters. The lowest BCUT2D eigenvalue weighted by Crippen LogP contribution is -2.07. The van der Waals surface area contributed by atoms with Crippen molar-refractivity contribution in [2.75, 3.05) is 40.1 Å². The van der Waals surface area contributed by atoms with Crippen LogP contribution < -0.4 is 0 Å². The molecule has 92 valence electrons. The third-order valence-corrected chi connectivity index (χ3v) is 2.08. The van der Waals surface area contributed by atoms with Gasteiger partial charge >= 0.3 is 0 Å². The Hall–Kier alpha value is -0.120. The number of methoxy groups -OCH3 is 1.